The number of rotatable bonds is 12. The summed E-state index contributed by atoms with van der Waals surface area (Å²) in [6.07, 6.45) is -1.34. The van der Waals surface area contributed by atoms with E-state index in [9.17, 15) is 29.1 Å². The normalized spacial score (nSPS) is 16.0. The average Bonchev–Trinajstić information content (AvgIpc) is 2.61. The highest BCUT2D eigenvalue weighted by Gasteiger charge is 2.32. The number of primary amides is 1. The minimum absolute atomic E-state index is 0.190. The number of aliphatic hydroxyl groups is 1. The van der Waals surface area contributed by atoms with E-state index in [4.69, 9.17) is 16.6 Å². The first-order valence-corrected chi connectivity index (χ1v) is 8.72. The van der Waals surface area contributed by atoms with Gasteiger partial charge in [-0.3, -0.25) is 24.0 Å². The molecule has 0 aromatic rings. The van der Waals surface area contributed by atoms with Gasteiger partial charge in [-0.15, -0.1) is 0 Å². The van der Waals surface area contributed by atoms with E-state index in [-0.39, 0.29) is 5.92 Å². The number of carbonyl (C=O) groups is 5. The lowest BCUT2D eigenvalue weighted by molar-refractivity contribution is -0.139. The van der Waals surface area contributed by atoms with Gasteiger partial charge in [0.25, 0.3) is 0 Å². The number of aliphatic hydroxyl groups excluding tert-OH is 1. The van der Waals surface area contributed by atoms with Crippen LogP contribution >= 0.6 is 0 Å². The molecule has 0 radical (unpaired) electrons. The van der Waals surface area contributed by atoms with E-state index in [0.717, 1.165) is 0 Å². The molecule has 28 heavy (non-hydrogen) atoms. The number of hydrogen-bond donors (Lipinski definition) is 7. The zero-order chi connectivity index (χ0) is 22.0. The molecule has 0 fully saturated rings. The monoisotopic (exact) mass is 403 g/mol. The van der Waals surface area contributed by atoms with E-state index in [1.807, 2.05) is 12.2 Å². The first-order valence-electron chi connectivity index (χ1n) is 8.72. The SMILES string of the molecule is CCC(C)C(N)C(=O)NC(CC(N)=O)C(=O)NC(C(=O)NCC(=O)O)C(C)O. The van der Waals surface area contributed by atoms with E-state index < -0.39 is 66.8 Å². The van der Waals surface area contributed by atoms with Gasteiger partial charge in [-0.2, -0.15) is 0 Å². The molecule has 0 aromatic carbocycles. The van der Waals surface area contributed by atoms with Gasteiger partial charge in [-0.1, -0.05) is 20.3 Å². The van der Waals surface area contributed by atoms with Crippen molar-refractivity contribution in [2.24, 2.45) is 17.4 Å². The van der Waals surface area contributed by atoms with Crippen molar-refractivity contribution in [3.05, 3.63) is 0 Å². The smallest absolute Gasteiger partial charge is 0.322 e. The summed E-state index contributed by atoms with van der Waals surface area (Å²) in [5.41, 5.74) is 10.9. The van der Waals surface area contributed by atoms with Crippen molar-refractivity contribution in [1.82, 2.24) is 16.0 Å². The fourth-order valence-electron chi connectivity index (χ4n) is 2.12. The molecule has 4 amide bonds. The first-order chi connectivity index (χ1) is 12.9. The molecule has 0 aliphatic rings. The summed E-state index contributed by atoms with van der Waals surface area (Å²) in [6.45, 7) is 4.05. The van der Waals surface area contributed by atoms with Crippen LogP contribution in [0.5, 0.6) is 0 Å². The number of carbonyl (C=O) groups excluding carboxylic acids is 4. The standard InChI is InChI=1S/C16H29N5O7/c1-4-7(2)12(18)15(27)20-9(5-10(17)23)14(26)21-13(8(3)22)16(28)19-6-11(24)25/h7-9,12-13,22H,4-6,18H2,1-3H3,(H2,17,23)(H,19,28)(H,20,27)(H,21,26)(H,24,25). The van der Waals surface area contributed by atoms with Crippen molar-refractivity contribution in [1.29, 1.82) is 0 Å². The van der Waals surface area contributed by atoms with Crippen LogP contribution in [0.3, 0.4) is 0 Å². The Kier molecular flexibility index (Phi) is 10.7. The van der Waals surface area contributed by atoms with Crippen molar-refractivity contribution in [2.45, 2.75) is 57.8 Å². The van der Waals surface area contributed by atoms with Crippen LogP contribution in [0.2, 0.25) is 0 Å². The van der Waals surface area contributed by atoms with Gasteiger partial charge in [0, 0.05) is 0 Å². The molecule has 12 heteroatoms. The first kappa shape index (κ1) is 25.3. The molecule has 9 N–H and O–H groups in total. The van der Waals surface area contributed by atoms with Gasteiger partial charge in [0.1, 0.15) is 18.6 Å². The Morgan fingerprint density at radius 3 is 2.00 bits per heavy atom. The van der Waals surface area contributed by atoms with Gasteiger partial charge >= 0.3 is 5.97 Å². The summed E-state index contributed by atoms with van der Waals surface area (Å²) in [7, 11) is 0. The van der Waals surface area contributed by atoms with E-state index in [1.54, 1.807) is 6.92 Å². The summed E-state index contributed by atoms with van der Waals surface area (Å²) in [4.78, 5) is 58.4. The predicted octanol–water partition coefficient (Wildman–Crippen LogP) is -3.21. The van der Waals surface area contributed by atoms with Gasteiger partial charge < -0.3 is 37.6 Å². The largest absolute Gasteiger partial charge is 0.480 e. The maximum absolute atomic E-state index is 12.5. The second-order valence-electron chi connectivity index (χ2n) is 6.48. The molecule has 160 valence electrons. The van der Waals surface area contributed by atoms with Crippen molar-refractivity contribution >= 4 is 29.6 Å². The molecule has 0 heterocycles. The zero-order valence-corrected chi connectivity index (χ0v) is 16.1. The molecule has 0 rings (SSSR count). The van der Waals surface area contributed by atoms with E-state index >= 15 is 0 Å². The molecule has 5 atom stereocenters. The van der Waals surface area contributed by atoms with Crippen molar-refractivity contribution in [2.75, 3.05) is 6.54 Å². The van der Waals surface area contributed by atoms with Crippen molar-refractivity contribution in [3.63, 3.8) is 0 Å². The van der Waals surface area contributed by atoms with E-state index in [0.29, 0.717) is 6.42 Å². The van der Waals surface area contributed by atoms with Gasteiger partial charge in [0.05, 0.1) is 18.6 Å². The number of carboxylic acid groups (broad SMARTS) is 1. The summed E-state index contributed by atoms with van der Waals surface area (Å²) >= 11 is 0. The molecule has 0 aromatic heterocycles. The Balaban J connectivity index is 5.25. The molecular formula is C16H29N5O7. The topological polar surface area (TPSA) is 214 Å². The second-order valence-corrected chi connectivity index (χ2v) is 6.48. The Bertz CT molecular complexity index is 596. The third-order valence-corrected chi connectivity index (χ3v) is 4.07. The quantitative estimate of drug-likeness (QED) is 0.175. The molecule has 12 nitrogen and oxygen atoms in total. The van der Waals surface area contributed by atoms with Crippen molar-refractivity contribution in [3.8, 4) is 0 Å². The highest BCUT2D eigenvalue weighted by molar-refractivity contribution is 5.96. The highest BCUT2D eigenvalue weighted by Crippen LogP contribution is 2.06. The fourth-order valence-corrected chi connectivity index (χ4v) is 2.12. The summed E-state index contributed by atoms with van der Waals surface area (Å²) in [6, 6.07) is -3.87. The third kappa shape index (κ3) is 8.77. The molecule has 0 bridgehead atoms. The molecule has 0 aliphatic heterocycles. The lowest BCUT2D eigenvalue weighted by Gasteiger charge is -2.25. The van der Waals surface area contributed by atoms with Crippen LogP contribution in [-0.2, 0) is 24.0 Å². The minimum atomic E-state index is -1.51. The van der Waals surface area contributed by atoms with E-state index in [2.05, 4.69) is 10.6 Å². The number of nitrogens with two attached hydrogens (primary N) is 2. The van der Waals surface area contributed by atoms with Crippen LogP contribution < -0.4 is 27.4 Å². The zero-order valence-electron chi connectivity index (χ0n) is 16.1. The van der Waals surface area contributed by atoms with Crippen LogP contribution in [0.25, 0.3) is 0 Å². The Labute approximate surface area is 162 Å². The van der Waals surface area contributed by atoms with Crippen LogP contribution in [0.15, 0.2) is 0 Å². The Morgan fingerprint density at radius 1 is 1.00 bits per heavy atom. The third-order valence-electron chi connectivity index (χ3n) is 4.07. The molecule has 0 saturated carbocycles. The lowest BCUT2D eigenvalue weighted by atomic mass is 9.99. The van der Waals surface area contributed by atoms with Crippen LogP contribution in [-0.4, -0.2) is 70.6 Å². The maximum atomic E-state index is 12.5. The number of hydrogen-bond acceptors (Lipinski definition) is 7. The Morgan fingerprint density at radius 2 is 1.57 bits per heavy atom. The lowest BCUT2D eigenvalue weighted by Crippen LogP contribution is -2.59. The predicted molar refractivity (Wildman–Crippen MR) is 97.4 cm³/mol. The van der Waals surface area contributed by atoms with Crippen LogP contribution in [0.4, 0.5) is 0 Å². The van der Waals surface area contributed by atoms with Gasteiger partial charge in [0.2, 0.25) is 23.6 Å². The number of nitrogens with one attached hydrogen (secondary N) is 3. The highest BCUT2D eigenvalue weighted by atomic mass is 16.4. The van der Waals surface area contributed by atoms with E-state index in [1.165, 1.54) is 6.92 Å². The van der Waals surface area contributed by atoms with Gasteiger partial charge in [0.15, 0.2) is 0 Å². The summed E-state index contributed by atoms with van der Waals surface area (Å²) in [5, 5.41) is 24.8. The van der Waals surface area contributed by atoms with Gasteiger partial charge in [-0.25, -0.2) is 0 Å². The number of aliphatic carboxylic acids is 1. The molecular weight excluding hydrogens is 374 g/mol. The fraction of sp³-hybridized carbons (Fsp3) is 0.688. The number of amides is 4. The number of carboxylic acids is 1. The second kappa shape index (κ2) is 11.9. The van der Waals surface area contributed by atoms with Crippen molar-refractivity contribution < 1.29 is 34.2 Å². The summed E-state index contributed by atoms with van der Waals surface area (Å²) < 4.78 is 0. The maximum Gasteiger partial charge on any atom is 0.322 e. The minimum Gasteiger partial charge on any atom is -0.480 e. The molecule has 0 spiro atoms. The molecule has 5 unspecified atom stereocenters. The molecule has 0 saturated heterocycles. The van der Waals surface area contributed by atoms with Crippen LogP contribution in [0.1, 0.15) is 33.6 Å². The van der Waals surface area contributed by atoms with Crippen LogP contribution in [0, 0.1) is 5.92 Å². The molecule has 0 aliphatic carbocycles. The Hall–Kier alpha value is -2.73. The summed E-state index contributed by atoms with van der Waals surface area (Å²) in [5.74, 6) is -4.99. The van der Waals surface area contributed by atoms with Gasteiger partial charge in [-0.05, 0) is 12.8 Å². The average molecular weight is 403 g/mol.